The zero-order valence-electron chi connectivity index (χ0n) is 9.25. The number of hydrogen-bond donors (Lipinski definition) is 0. The second-order valence-corrected chi connectivity index (χ2v) is 4.21. The lowest BCUT2D eigenvalue weighted by atomic mass is 9.95. The van der Waals surface area contributed by atoms with E-state index in [2.05, 4.69) is 32.0 Å². The van der Waals surface area contributed by atoms with Crippen molar-refractivity contribution in [1.82, 2.24) is 0 Å². The summed E-state index contributed by atoms with van der Waals surface area (Å²) in [5.41, 5.74) is 3.63. The third-order valence-corrected chi connectivity index (χ3v) is 2.89. The van der Waals surface area contributed by atoms with E-state index in [1.807, 2.05) is 0 Å². The minimum atomic E-state index is -0.0214. The van der Waals surface area contributed by atoms with Crippen LogP contribution >= 0.6 is 0 Å². The van der Waals surface area contributed by atoms with Gasteiger partial charge in [-0.1, -0.05) is 23.8 Å². The summed E-state index contributed by atoms with van der Waals surface area (Å²) in [4.78, 5) is 11.3. The fraction of sp³-hybridized carbons (Fsp3) is 0.462. The second kappa shape index (κ2) is 4.15. The molecule has 1 heterocycles. The number of ketones is 1. The summed E-state index contributed by atoms with van der Waals surface area (Å²) in [6.07, 6.45) is 1.08. The molecule has 1 aliphatic rings. The Morgan fingerprint density at radius 1 is 1.33 bits per heavy atom. The molecule has 1 atom stereocenters. The number of rotatable bonds is 1. The zero-order chi connectivity index (χ0) is 10.8. The molecule has 2 rings (SSSR count). The van der Waals surface area contributed by atoms with E-state index in [0.717, 1.165) is 5.56 Å². The predicted molar refractivity (Wildman–Crippen MR) is 58.9 cm³/mol. The first-order valence-corrected chi connectivity index (χ1v) is 5.37. The van der Waals surface area contributed by atoms with Crippen LogP contribution in [0.3, 0.4) is 0 Å². The molecule has 0 radical (unpaired) electrons. The van der Waals surface area contributed by atoms with Gasteiger partial charge in [0.05, 0.1) is 12.7 Å². The Bertz CT molecular complexity index is 382. The molecule has 1 saturated heterocycles. The van der Waals surface area contributed by atoms with Crippen LogP contribution in [0.25, 0.3) is 0 Å². The molecule has 0 N–H and O–H groups in total. The minimum absolute atomic E-state index is 0.0214. The van der Waals surface area contributed by atoms with Crippen LogP contribution in [0.15, 0.2) is 18.2 Å². The highest BCUT2D eigenvalue weighted by atomic mass is 16.5. The molecule has 0 spiro atoms. The summed E-state index contributed by atoms with van der Waals surface area (Å²) in [6, 6.07) is 6.29. The van der Waals surface area contributed by atoms with Gasteiger partial charge >= 0.3 is 0 Å². The molecule has 0 saturated carbocycles. The quantitative estimate of drug-likeness (QED) is 0.703. The second-order valence-electron chi connectivity index (χ2n) is 4.21. The standard InChI is InChI=1S/C13H16O2/c1-9-3-4-12(10(2)7-9)13-8-11(14)5-6-15-13/h3-4,7,13H,5-6,8H2,1-2H3. The Labute approximate surface area is 90.3 Å². The average molecular weight is 204 g/mol. The largest absolute Gasteiger partial charge is 0.373 e. The van der Waals surface area contributed by atoms with Gasteiger partial charge in [0.2, 0.25) is 0 Å². The Kier molecular flexibility index (Phi) is 2.87. The normalized spacial score (nSPS) is 21.7. The van der Waals surface area contributed by atoms with Gasteiger partial charge in [-0.25, -0.2) is 0 Å². The first-order chi connectivity index (χ1) is 7.16. The summed E-state index contributed by atoms with van der Waals surface area (Å²) >= 11 is 0. The van der Waals surface area contributed by atoms with E-state index < -0.39 is 0 Å². The summed E-state index contributed by atoms with van der Waals surface area (Å²) in [6.45, 7) is 4.71. The highest BCUT2D eigenvalue weighted by molar-refractivity contribution is 5.79. The van der Waals surface area contributed by atoms with Crippen LogP contribution < -0.4 is 0 Å². The minimum Gasteiger partial charge on any atom is -0.373 e. The Morgan fingerprint density at radius 3 is 2.80 bits per heavy atom. The fourth-order valence-corrected chi connectivity index (χ4v) is 2.07. The predicted octanol–water partition coefficient (Wildman–Crippen LogP) is 2.72. The maximum Gasteiger partial charge on any atom is 0.138 e. The van der Waals surface area contributed by atoms with Crippen LogP contribution in [0.5, 0.6) is 0 Å². The SMILES string of the molecule is Cc1ccc(C2CC(=O)CCO2)c(C)c1. The number of Topliss-reactive ketones (excluding diaryl/α,β-unsaturated/α-hetero) is 1. The molecule has 1 unspecified atom stereocenters. The summed E-state index contributed by atoms with van der Waals surface area (Å²) in [5.74, 6) is 0.311. The van der Waals surface area contributed by atoms with Crippen LogP contribution in [0.1, 0.15) is 35.6 Å². The third-order valence-electron chi connectivity index (χ3n) is 2.89. The number of carbonyl (C=O) groups excluding carboxylic acids is 1. The Morgan fingerprint density at radius 2 is 2.13 bits per heavy atom. The molecule has 0 bridgehead atoms. The van der Waals surface area contributed by atoms with Gasteiger partial charge in [0.25, 0.3) is 0 Å². The van der Waals surface area contributed by atoms with Gasteiger partial charge in [-0.3, -0.25) is 4.79 Å². The van der Waals surface area contributed by atoms with Gasteiger partial charge in [0.15, 0.2) is 0 Å². The third kappa shape index (κ3) is 2.26. The van der Waals surface area contributed by atoms with Crippen LogP contribution in [-0.2, 0) is 9.53 Å². The lowest BCUT2D eigenvalue weighted by Crippen LogP contribution is -2.20. The monoisotopic (exact) mass is 204 g/mol. The fourth-order valence-electron chi connectivity index (χ4n) is 2.07. The molecular formula is C13H16O2. The van der Waals surface area contributed by atoms with Crippen molar-refractivity contribution in [3.63, 3.8) is 0 Å². The first-order valence-electron chi connectivity index (χ1n) is 5.37. The van der Waals surface area contributed by atoms with Crippen molar-refractivity contribution in [3.05, 3.63) is 34.9 Å². The summed E-state index contributed by atoms with van der Waals surface area (Å²) < 4.78 is 5.63. The maximum absolute atomic E-state index is 11.3. The molecule has 15 heavy (non-hydrogen) atoms. The molecule has 2 heteroatoms. The number of aryl methyl sites for hydroxylation is 2. The highest BCUT2D eigenvalue weighted by Crippen LogP contribution is 2.28. The number of ether oxygens (including phenoxy) is 1. The molecule has 0 aromatic heterocycles. The van der Waals surface area contributed by atoms with E-state index >= 15 is 0 Å². The van der Waals surface area contributed by atoms with Crippen molar-refractivity contribution in [1.29, 1.82) is 0 Å². The van der Waals surface area contributed by atoms with Gasteiger partial charge in [-0.05, 0) is 25.0 Å². The maximum atomic E-state index is 11.3. The van der Waals surface area contributed by atoms with E-state index in [9.17, 15) is 4.79 Å². The molecule has 1 aliphatic heterocycles. The van der Waals surface area contributed by atoms with Gasteiger partial charge in [0.1, 0.15) is 5.78 Å². The van der Waals surface area contributed by atoms with Crippen molar-refractivity contribution >= 4 is 5.78 Å². The topological polar surface area (TPSA) is 26.3 Å². The lowest BCUT2D eigenvalue weighted by molar-refractivity contribution is -0.128. The highest BCUT2D eigenvalue weighted by Gasteiger charge is 2.22. The van der Waals surface area contributed by atoms with Crippen molar-refractivity contribution < 1.29 is 9.53 Å². The van der Waals surface area contributed by atoms with E-state index in [1.54, 1.807) is 0 Å². The molecular weight excluding hydrogens is 188 g/mol. The van der Waals surface area contributed by atoms with E-state index in [1.165, 1.54) is 11.1 Å². The Balaban J connectivity index is 2.24. The van der Waals surface area contributed by atoms with Crippen molar-refractivity contribution in [2.45, 2.75) is 32.8 Å². The molecule has 1 aromatic carbocycles. The smallest absolute Gasteiger partial charge is 0.138 e. The molecule has 1 fully saturated rings. The number of hydrogen-bond acceptors (Lipinski definition) is 2. The van der Waals surface area contributed by atoms with E-state index in [0.29, 0.717) is 25.2 Å². The summed E-state index contributed by atoms with van der Waals surface area (Å²) in [5, 5.41) is 0. The van der Waals surface area contributed by atoms with Gasteiger partial charge < -0.3 is 4.74 Å². The lowest BCUT2D eigenvalue weighted by Gasteiger charge is -2.23. The van der Waals surface area contributed by atoms with Gasteiger partial charge in [-0.15, -0.1) is 0 Å². The zero-order valence-corrected chi connectivity index (χ0v) is 9.25. The van der Waals surface area contributed by atoms with Crippen molar-refractivity contribution in [2.75, 3.05) is 6.61 Å². The van der Waals surface area contributed by atoms with Crippen LogP contribution in [-0.4, -0.2) is 12.4 Å². The number of carbonyl (C=O) groups is 1. The molecule has 2 nitrogen and oxygen atoms in total. The van der Waals surface area contributed by atoms with E-state index in [-0.39, 0.29) is 6.10 Å². The molecule has 0 aliphatic carbocycles. The molecule has 1 aromatic rings. The summed E-state index contributed by atoms with van der Waals surface area (Å²) in [7, 11) is 0. The van der Waals surface area contributed by atoms with E-state index in [4.69, 9.17) is 4.74 Å². The molecule has 0 amide bonds. The Hall–Kier alpha value is -1.15. The van der Waals surface area contributed by atoms with Gasteiger partial charge in [0, 0.05) is 12.8 Å². The van der Waals surface area contributed by atoms with Crippen LogP contribution in [0.2, 0.25) is 0 Å². The van der Waals surface area contributed by atoms with Crippen molar-refractivity contribution in [2.24, 2.45) is 0 Å². The van der Waals surface area contributed by atoms with Crippen molar-refractivity contribution in [3.8, 4) is 0 Å². The number of benzene rings is 1. The van der Waals surface area contributed by atoms with Gasteiger partial charge in [-0.2, -0.15) is 0 Å². The molecule has 80 valence electrons. The van der Waals surface area contributed by atoms with Crippen LogP contribution in [0, 0.1) is 13.8 Å². The van der Waals surface area contributed by atoms with Crippen LogP contribution in [0.4, 0.5) is 0 Å². The average Bonchev–Trinajstić information content (AvgIpc) is 2.17. The first kappa shape index (κ1) is 10.4.